The van der Waals surface area contributed by atoms with Gasteiger partial charge in [0.25, 0.3) is 10.0 Å². The third-order valence-corrected chi connectivity index (χ3v) is 6.83. The quantitative estimate of drug-likeness (QED) is 0.503. The first kappa shape index (κ1) is 22.6. The van der Waals surface area contributed by atoms with Gasteiger partial charge in [0.2, 0.25) is 5.91 Å². The van der Waals surface area contributed by atoms with E-state index in [1.807, 2.05) is 43.3 Å². The molecule has 1 N–H and O–H groups in total. The number of para-hydroxylation sites is 1. The topological polar surface area (TPSA) is 66.5 Å². The number of nitrogens with one attached hydrogen (secondary N) is 1. The van der Waals surface area contributed by atoms with Gasteiger partial charge in [0.05, 0.1) is 10.6 Å². The highest BCUT2D eigenvalue weighted by Gasteiger charge is 2.28. The zero-order valence-corrected chi connectivity index (χ0v) is 18.7. The second kappa shape index (κ2) is 10.3. The summed E-state index contributed by atoms with van der Waals surface area (Å²) >= 11 is 0. The Kier molecular flexibility index (Phi) is 7.47. The van der Waals surface area contributed by atoms with Gasteiger partial charge in [0.15, 0.2) is 0 Å². The predicted octanol–water partition coefficient (Wildman–Crippen LogP) is 5.17. The fourth-order valence-corrected chi connectivity index (χ4v) is 4.84. The molecule has 31 heavy (non-hydrogen) atoms. The van der Waals surface area contributed by atoms with Crippen LogP contribution in [-0.2, 0) is 21.2 Å². The average molecular weight is 437 g/mol. The van der Waals surface area contributed by atoms with E-state index in [0.717, 1.165) is 24.8 Å². The Hall–Kier alpha value is -3.12. The van der Waals surface area contributed by atoms with E-state index in [9.17, 15) is 13.2 Å². The lowest BCUT2D eigenvalue weighted by Gasteiger charge is -2.25. The second-order valence-corrected chi connectivity index (χ2v) is 9.32. The number of amides is 1. The number of benzene rings is 3. The van der Waals surface area contributed by atoms with Crippen LogP contribution in [0.4, 0.5) is 11.4 Å². The molecule has 0 spiro atoms. The Morgan fingerprint density at radius 1 is 0.903 bits per heavy atom. The van der Waals surface area contributed by atoms with Crippen molar-refractivity contribution in [3.8, 4) is 0 Å². The van der Waals surface area contributed by atoms with Crippen molar-refractivity contribution in [3.05, 3.63) is 90.0 Å². The van der Waals surface area contributed by atoms with Crippen LogP contribution in [0.15, 0.2) is 83.8 Å². The van der Waals surface area contributed by atoms with Crippen LogP contribution in [0, 0.1) is 6.92 Å². The molecule has 0 aliphatic rings. The van der Waals surface area contributed by atoms with E-state index in [4.69, 9.17) is 0 Å². The lowest BCUT2D eigenvalue weighted by atomic mass is 10.1. The van der Waals surface area contributed by atoms with Gasteiger partial charge in [-0.05, 0) is 61.2 Å². The van der Waals surface area contributed by atoms with E-state index in [2.05, 4.69) is 12.2 Å². The molecule has 0 saturated heterocycles. The molecule has 0 aromatic heterocycles. The summed E-state index contributed by atoms with van der Waals surface area (Å²) in [5.74, 6) is -0.399. The molecule has 0 unspecified atom stereocenters. The SMILES string of the molecule is CCCCc1ccc(NC(=O)CN(c2ccccc2C)S(=O)(=O)c2ccccc2)cc1. The molecule has 0 atom stereocenters. The third kappa shape index (κ3) is 5.73. The summed E-state index contributed by atoms with van der Waals surface area (Å²) in [4.78, 5) is 13.0. The Bertz CT molecular complexity index is 1110. The molecular formula is C25H28N2O3S. The van der Waals surface area contributed by atoms with Crippen molar-refractivity contribution in [2.24, 2.45) is 0 Å². The maximum absolute atomic E-state index is 13.4. The Morgan fingerprint density at radius 2 is 1.55 bits per heavy atom. The molecule has 0 fully saturated rings. The number of sulfonamides is 1. The van der Waals surface area contributed by atoms with Gasteiger partial charge in [-0.3, -0.25) is 9.10 Å². The normalized spacial score (nSPS) is 11.2. The van der Waals surface area contributed by atoms with Gasteiger partial charge in [0, 0.05) is 5.69 Å². The fourth-order valence-electron chi connectivity index (χ4n) is 3.33. The van der Waals surface area contributed by atoms with Gasteiger partial charge in [-0.25, -0.2) is 8.42 Å². The monoisotopic (exact) mass is 436 g/mol. The van der Waals surface area contributed by atoms with E-state index in [1.165, 1.54) is 22.0 Å². The van der Waals surface area contributed by atoms with Crippen LogP contribution in [0.5, 0.6) is 0 Å². The summed E-state index contributed by atoms with van der Waals surface area (Å²) in [6.45, 7) is 3.66. The highest BCUT2D eigenvalue weighted by atomic mass is 32.2. The van der Waals surface area contributed by atoms with Crippen LogP contribution in [0.3, 0.4) is 0 Å². The van der Waals surface area contributed by atoms with E-state index in [1.54, 1.807) is 30.3 Å². The van der Waals surface area contributed by atoms with Crippen molar-refractivity contribution in [3.63, 3.8) is 0 Å². The fraction of sp³-hybridized carbons (Fsp3) is 0.240. The molecule has 0 radical (unpaired) electrons. The lowest BCUT2D eigenvalue weighted by molar-refractivity contribution is -0.114. The largest absolute Gasteiger partial charge is 0.325 e. The maximum Gasteiger partial charge on any atom is 0.264 e. The predicted molar refractivity (Wildman–Crippen MR) is 126 cm³/mol. The number of anilines is 2. The molecule has 1 amide bonds. The Balaban J connectivity index is 1.84. The number of nitrogens with zero attached hydrogens (tertiary/aromatic N) is 1. The molecule has 3 aromatic rings. The van der Waals surface area contributed by atoms with Gasteiger partial charge < -0.3 is 5.32 Å². The smallest absolute Gasteiger partial charge is 0.264 e. The summed E-state index contributed by atoms with van der Waals surface area (Å²) in [7, 11) is -3.91. The van der Waals surface area contributed by atoms with Crippen molar-refractivity contribution >= 4 is 27.3 Å². The van der Waals surface area contributed by atoms with Crippen molar-refractivity contribution in [1.82, 2.24) is 0 Å². The molecule has 3 aromatic carbocycles. The average Bonchev–Trinajstić information content (AvgIpc) is 2.78. The first-order valence-electron chi connectivity index (χ1n) is 10.4. The number of aryl methyl sites for hydroxylation is 2. The van der Waals surface area contributed by atoms with Crippen molar-refractivity contribution in [2.45, 2.75) is 38.0 Å². The minimum atomic E-state index is -3.91. The number of hydrogen-bond donors (Lipinski definition) is 1. The van der Waals surface area contributed by atoms with Crippen LogP contribution < -0.4 is 9.62 Å². The molecule has 162 valence electrons. The zero-order valence-electron chi connectivity index (χ0n) is 17.9. The van der Waals surface area contributed by atoms with Crippen LogP contribution >= 0.6 is 0 Å². The van der Waals surface area contributed by atoms with Crippen molar-refractivity contribution in [1.29, 1.82) is 0 Å². The zero-order chi connectivity index (χ0) is 22.3. The van der Waals surface area contributed by atoms with Gasteiger partial charge in [-0.15, -0.1) is 0 Å². The molecule has 0 bridgehead atoms. The third-order valence-electron chi connectivity index (χ3n) is 5.06. The Labute approximate surface area is 184 Å². The molecule has 0 aliphatic carbocycles. The van der Waals surface area contributed by atoms with Crippen LogP contribution in [-0.4, -0.2) is 20.9 Å². The van der Waals surface area contributed by atoms with Crippen LogP contribution in [0.1, 0.15) is 30.9 Å². The number of unbranched alkanes of at least 4 members (excludes halogenated alkanes) is 1. The maximum atomic E-state index is 13.4. The minimum absolute atomic E-state index is 0.145. The number of rotatable bonds is 9. The van der Waals surface area contributed by atoms with E-state index in [0.29, 0.717) is 11.4 Å². The summed E-state index contributed by atoms with van der Waals surface area (Å²) < 4.78 is 27.9. The van der Waals surface area contributed by atoms with Crippen molar-refractivity contribution in [2.75, 3.05) is 16.2 Å². The highest BCUT2D eigenvalue weighted by molar-refractivity contribution is 7.92. The lowest BCUT2D eigenvalue weighted by Crippen LogP contribution is -2.38. The Morgan fingerprint density at radius 3 is 2.19 bits per heavy atom. The van der Waals surface area contributed by atoms with Gasteiger partial charge in [-0.2, -0.15) is 0 Å². The van der Waals surface area contributed by atoms with E-state index < -0.39 is 15.9 Å². The standard InChI is InChI=1S/C25H28N2O3S/c1-3-4-11-21-15-17-22(18-16-21)26-25(28)19-27(24-14-9-8-10-20(24)2)31(29,30)23-12-6-5-7-13-23/h5-10,12-18H,3-4,11,19H2,1-2H3,(H,26,28). The van der Waals surface area contributed by atoms with Gasteiger partial charge in [0.1, 0.15) is 6.54 Å². The molecular weight excluding hydrogens is 408 g/mol. The summed E-state index contributed by atoms with van der Waals surface area (Å²) in [5, 5.41) is 2.82. The van der Waals surface area contributed by atoms with E-state index >= 15 is 0 Å². The number of carbonyl (C=O) groups is 1. The first-order chi connectivity index (χ1) is 14.9. The van der Waals surface area contributed by atoms with Crippen molar-refractivity contribution < 1.29 is 13.2 Å². The number of carbonyl (C=O) groups excluding carboxylic acids is 1. The van der Waals surface area contributed by atoms with Crippen LogP contribution in [0.2, 0.25) is 0 Å². The second-order valence-electron chi connectivity index (χ2n) is 7.46. The summed E-state index contributed by atoms with van der Waals surface area (Å²) in [6.07, 6.45) is 3.25. The van der Waals surface area contributed by atoms with E-state index in [-0.39, 0.29) is 11.4 Å². The van der Waals surface area contributed by atoms with Crippen LogP contribution in [0.25, 0.3) is 0 Å². The molecule has 0 heterocycles. The van der Waals surface area contributed by atoms with Gasteiger partial charge in [-0.1, -0.05) is 61.9 Å². The molecule has 0 aliphatic heterocycles. The molecule has 5 nitrogen and oxygen atoms in total. The molecule has 6 heteroatoms. The highest BCUT2D eigenvalue weighted by Crippen LogP contribution is 2.26. The summed E-state index contributed by atoms with van der Waals surface area (Å²) in [6, 6.07) is 23.0. The number of hydrogen-bond acceptors (Lipinski definition) is 3. The first-order valence-corrected chi connectivity index (χ1v) is 11.9. The molecule has 0 saturated carbocycles. The minimum Gasteiger partial charge on any atom is -0.325 e. The van der Waals surface area contributed by atoms with Gasteiger partial charge >= 0.3 is 0 Å². The molecule has 3 rings (SSSR count). The summed E-state index contributed by atoms with van der Waals surface area (Å²) in [5.41, 5.74) is 3.12.